The van der Waals surface area contributed by atoms with Crippen molar-refractivity contribution in [1.82, 2.24) is 4.98 Å². The van der Waals surface area contributed by atoms with E-state index in [-0.39, 0.29) is 5.75 Å². The maximum atomic E-state index is 10.0. The Morgan fingerprint density at radius 2 is 2.24 bits per heavy atom. The molecule has 126 valence electrons. The third-order valence-corrected chi connectivity index (χ3v) is 6.08. The van der Waals surface area contributed by atoms with Crippen molar-refractivity contribution in [3.05, 3.63) is 50.4 Å². The SMILES string of the molecule is CCOc1cc(/C=C(\C#N)Sc2nc3ccccc3s2)cc(I)c1O. The van der Waals surface area contributed by atoms with E-state index in [1.807, 2.05) is 59.8 Å². The molecule has 0 atom stereocenters. The van der Waals surface area contributed by atoms with E-state index in [4.69, 9.17) is 4.74 Å². The van der Waals surface area contributed by atoms with Crippen LogP contribution in [0.1, 0.15) is 12.5 Å². The lowest BCUT2D eigenvalue weighted by atomic mass is 10.2. The van der Waals surface area contributed by atoms with Gasteiger partial charge in [0.05, 0.1) is 25.3 Å². The first-order valence-corrected chi connectivity index (χ1v) is 10.1. The van der Waals surface area contributed by atoms with Crippen molar-refractivity contribution in [2.24, 2.45) is 0 Å². The van der Waals surface area contributed by atoms with Gasteiger partial charge in [-0.05, 0) is 77.2 Å². The molecule has 1 N–H and O–H groups in total. The number of rotatable bonds is 5. The van der Waals surface area contributed by atoms with Gasteiger partial charge in [0.25, 0.3) is 0 Å². The molecule has 0 spiro atoms. The van der Waals surface area contributed by atoms with Crippen LogP contribution < -0.4 is 4.74 Å². The number of para-hydroxylation sites is 1. The monoisotopic (exact) mass is 480 g/mol. The van der Waals surface area contributed by atoms with Gasteiger partial charge in [-0.3, -0.25) is 0 Å². The average molecular weight is 480 g/mol. The van der Waals surface area contributed by atoms with Crippen LogP contribution in [0.2, 0.25) is 0 Å². The molecule has 1 aromatic heterocycles. The maximum absolute atomic E-state index is 10.0. The number of phenols is 1. The van der Waals surface area contributed by atoms with Crippen LogP contribution in [0, 0.1) is 14.9 Å². The fraction of sp³-hybridized carbons (Fsp3) is 0.111. The van der Waals surface area contributed by atoms with E-state index >= 15 is 0 Å². The molecule has 2 aromatic carbocycles. The van der Waals surface area contributed by atoms with Gasteiger partial charge in [0, 0.05) is 0 Å². The lowest BCUT2D eigenvalue weighted by molar-refractivity contribution is 0.317. The number of nitriles is 1. The van der Waals surface area contributed by atoms with Crippen molar-refractivity contribution in [2.75, 3.05) is 6.61 Å². The van der Waals surface area contributed by atoms with E-state index in [9.17, 15) is 10.4 Å². The van der Waals surface area contributed by atoms with Gasteiger partial charge in [-0.25, -0.2) is 4.98 Å². The molecule has 4 nitrogen and oxygen atoms in total. The maximum Gasteiger partial charge on any atom is 0.171 e. The smallest absolute Gasteiger partial charge is 0.171 e. The number of benzene rings is 2. The first kappa shape index (κ1) is 18.0. The molecule has 0 aliphatic heterocycles. The van der Waals surface area contributed by atoms with Crippen molar-refractivity contribution in [3.8, 4) is 17.6 Å². The first-order valence-electron chi connectivity index (χ1n) is 7.41. The predicted octanol–water partition coefficient (Wildman–Crippen LogP) is 5.66. The van der Waals surface area contributed by atoms with Crippen LogP contribution in [0.5, 0.6) is 11.5 Å². The topological polar surface area (TPSA) is 66.1 Å². The Morgan fingerprint density at radius 1 is 1.44 bits per heavy atom. The third-order valence-electron chi connectivity index (χ3n) is 3.23. The van der Waals surface area contributed by atoms with E-state index in [0.29, 0.717) is 20.8 Å². The number of fused-ring (bicyclic) bond motifs is 1. The number of thiazole rings is 1. The molecule has 0 unspecified atom stereocenters. The Kier molecular flexibility index (Phi) is 5.83. The van der Waals surface area contributed by atoms with Gasteiger partial charge >= 0.3 is 0 Å². The van der Waals surface area contributed by atoms with Gasteiger partial charge in [-0.2, -0.15) is 5.26 Å². The van der Waals surface area contributed by atoms with Crippen molar-refractivity contribution in [3.63, 3.8) is 0 Å². The van der Waals surface area contributed by atoms with Gasteiger partial charge < -0.3 is 9.84 Å². The molecular formula is C18H13IN2O2S2. The number of thioether (sulfide) groups is 1. The van der Waals surface area contributed by atoms with Crippen molar-refractivity contribution in [1.29, 1.82) is 5.26 Å². The van der Waals surface area contributed by atoms with Gasteiger partial charge in [-0.15, -0.1) is 11.3 Å². The summed E-state index contributed by atoms with van der Waals surface area (Å²) in [6.07, 6.45) is 1.78. The van der Waals surface area contributed by atoms with Crippen LogP contribution in [0.15, 0.2) is 45.6 Å². The van der Waals surface area contributed by atoms with Gasteiger partial charge in [0.1, 0.15) is 6.07 Å². The highest BCUT2D eigenvalue weighted by Crippen LogP contribution is 2.37. The molecule has 0 saturated heterocycles. The number of aromatic hydroxyl groups is 1. The van der Waals surface area contributed by atoms with Crippen LogP contribution in [0.25, 0.3) is 16.3 Å². The number of halogens is 1. The largest absolute Gasteiger partial charge is 0.504 e. The van der Waals surface area contributed by atoms with Gasteiger partial charge in [-0.1, -0.05) is 12.1 Å². The summed E-state index contributed by atoms with van der Waals surface area (Å²) in [6, 6.07) is 13.7. The highest BCUT2D eigenvalue weighted by molar-refractivity contribution is 14.1. The van der Waals surface area contributed by atoms with Crippen LogP contribution in [-0.4, -0.2) is 16.7 Å². The summed E-state index contributed by atoms with van der Waals surface area (Å²) in [5.41, 5.74) is 1.74. The lowest BCUT2D eigenvalue weighted by Crippen LogP contribution is -1.93. The summed E-state index contributed by atoms with van der Waals surface area (Å²) < 4.78 is 8.05. The second-order valence-electron chi connectivity index (χ2n) is 4.95. The van der Waals surface area contributed by atoms with Crippen LogP contribution in [0.4, 0.5) is 0 Å². The molecule has 3 rings (SSSR count). The Labute approximate surface area is 167 Å². The van der Waals surface area contributed by atoms with Gasteiger partial charge in [0.2, 0.25) is 0 Å². The molecule has 0 amide bonds. The molecule has 25 heavy (non-hydrogen) atoms. The molecule has 1 heterocycles. The minimum atomic E-state index is 0.122. The van der Waals surface area contributed by atoms with Gasteiger partial charge in [0.15, 0.2) is 15.8 Å². The molecule has 0 aliphatic rings. The predicted molar refractivity (Wildman–Crippen MR) is 111 cm³/mol. The molecule has 0 radical (unpaired) electrons. The van der Waals surface area contributed by atoms with Crippen LogP contribution >= 0.6 is 45.7 Å². The van der Waals surface area contributed by atoms with Crippen molar-refractivity contribution < 1.29 is 9.84 Å². The van der Waals surface area contributed by atoms with Crippen LogP contribution in [-0.2, 0) is 0 Å². The zero-order valence-electron chi connectivity index (χ0n) is 13.2. The quantitative estimate of drug-likeness (QED) is 0.290. The number of hydrogen-bond acceptors (Lipinski definition) is 6. The number of nitrogens with zero attached hydrogens (tertiary/aromatic N) is 2. The minimum Gasteiger partial charge on any atom is -0.504 e. The third kappa shape index (κ3) is 4.26. The van der Waals surface area contributed by atoms with Crippen molar-refractivity contribution in [2.45, 2.75) is 11.3 Å². The number of phenolic OH excluding ortho intramolecular Hbond substituents is 1. The van der Waals surface area contributed by atoms with E-state index in [1.54, 1.807) is 23.5 Å². The molecule has 0 bridgehead atoms. The Hall–Kier alpha value is -1.76. The highest BCUT2D eigenvalue weighted by atomic mass is 127. The summed E-state index contributed by atoms with van der Waals surface area (Å²) in [7, 11) is 0. The second-order valence-corrected chi connectivity index (χ2v) is 8.43. The van der Waals surface area contributed by atoms with E-state index < -0.39 is 0 Å². The fourth-order valence-corrected chi connectivity index (χ4v) is 4.77. The Morgan fingerprint density at radius 3 is 2.96 bits per heavy atom. The van der Waals surface area contributed by atoms with Crippen LogP contribution in [0.3, 0.4) is 0 Å². The summed E-state index contributed by atoms with van der Waals surface area (Å²) in [5.74, 6) is 0.542. The molecule has 0 fully saturated rings. The standard InChI is InChI=1S/C18H13IN2O2S2/c1-2-23-15-9-11(8-13(19)17(15)22)7-12(10-20)24-18-21-14-5-3-4-6-16(14)25-18/h3-9,22H,2H2,1H3/b12-7+. The molecule has 3 aromatic rings. The Bertz CT molecular complexity index is 959. The lowest BCUT2D eigenvalue weighted by Gasteiger charge is -2.08. The summed E-state index contributed by atoms with van der Waals surface area (Å²) in [5, 5.41) is 19.5. The number of aromatic nitrogens is 1. The fourth-order valence-electron chi connectivity index (χ4n) is 2.17. The van der Waals surface area contributed by atoms with E-state index in [1.165, 1.54) is 11.8 Å². The molecule has 0 saturated carbocycles. The van der Waals surface area contributed by atoms with E-state index in [2.05, 4.69) is 11.1 Å². The minimum absolute atomic E-state index is 0.122. The molecule has 7 heteroatoms. The zero-order chi connectivity index (χ0) is 17.8. The number of allylic oxidation sites excluding steroid dienone is 1. The average Bonchev–Trinajstić information content (AvgIpc) is 3.01. The van der Waals surface area contributed by atoms with E-state index in [0.717, 1.165) is 20.1 Å². The second kappa shape index (κ2) is 8.08. The Balaban J connectivity index is 1.91. The number of hydrogen-bond donors (Lipinski definition) is 1. The summed E-state index contributed by atoms with van der Waals surface area (Å²) >= 11 is 4.95. The molecule has 0 aliphatic carbocycles. The number of ether oxygens (including phenoxy) is 1. The normalized spacial score (nSPS) is 11.5. The highest BCUT2D eigenvalue weighted by Gasteiger charge is 2.11. The molecular weight excluding hydrogens is 467 g/mol. The zero-order valence-corrected chi connectivity index (χ0v) is 17.0. The summed E-state index contributed by atoms with van der Waals surface area (Å²) in [4.78, 5) is 5.07. The first-order chi connectivity index (χ1) is 12.1. The summed E-state index contributed by atoms with van der Waals surface area (Å²) in [6.45, 7) is 2.32. The van der Waals surface area contributed by atoms with Crippen molar-refractivity contribution >= 4 is 62.0 Å².